The second-order valence-corrected chi connectivity index (χ2v) is 24.1. The third kappa shape index (κ3) is 75.0. The largest absolute Gasteiger partial charge is 0.472 e. The monoisotopic (exact) mass is 1300 g/mol. The van der Waals surface area contributed by atoms with Gasteiger partial charge in [-0.15, -0.1) is 0 Å². The predicted octanol–water partition coefficient (Wildman–Crippen LogP) is 24.2. The van der Waals surface area contributed by atoms with Crippen LogP contribution >= 0.6 is 7.82 Å². The lowest BCUT2D eigenvalue weighted by atomic mass is 10.0. The summed E-state index contributed by atoms with van der Waals surface area (Å²) in [6, 6.07) is 0. The van der Waals surface area contributed by atoms with Crippen molar-refractivity contribution >= 4 is 19.8 Å². The fourth-order valence-corrected chi connectivity index (χ4v) is 9.60. The molecule has 0 amide bonds. The molecule has 0 fully saturated rings. The molecule has 0 bridgehead atoms. The van der Waals surface area contributed by atoms with E-state index in [4.69, 9.17) is 24.3 Å². The molecule has 3 N–H and O–H groups in total. The summed E-state index contributed by atoms with van der Waals surface area (Å²) < 4.78 is 33.1. The summed E-state index contributed by atoms with van der Waals surface area (Å²) >= 11 is 0. The SMILES string of the molecule is CC/C=C\C/C=C\C/C=C\C/C=C\C/C=C\C/C=C\C/C=C\C/C=C\C/C=C\C/C=C\CCCCCCCCCCCCC(=O)OC(COC(=O)CCCCC/C=C\C/C=C\C/C=C\C/C=C\C/C=C\C/C=C\C/C=C\C/C=C\C/C=C\CC)COP(=O)(O)OCCN. The molecule has 0 spiro atoms. The van der Waals surface area contributed by atoms with Crippen LogP contribution in [-0.4, -0.2) is 49.3 Å². The number of carbonyl (C=O) groups is 2. The summed E-state index contributed by atoms with van der Waals surface area (Å²) in [5.74, 6) is -0.889. The Balaban J connectivity index is 4.05. The van der Waals surface area contributed by atoms with Crippen LogP contribution in [0.5, 0.6) is 0 Å². The van der Waals surface area contributed by atoms with E-state index in [2.05, 4.69) is 245 Å². The van der Waals surface area contributed by atoms with E-state index in [0.717, 1.165) is 167 Å². The molecule has 93 heavy (non-hydrogen) atoms. The highest BCUT2D eigenvalue weighted by Crippen LogP contribution is 2.43. The van der Waals surface area contributed by atoms with Gasteiger partial charge in [0.05, 0.1) is 13.2 Å². The summed E-state index contributed by atoms with van der Waals surface area (Å²) in [7, 11) is -4.42. The number of ether oxygens (including phenoxy) is 2. The second kappa shape index (κ2) is 75.1. The van der Waals surface area contributed by atoms with E-state index in [1.165, 1.54) is 38.5 Å². The van der Waals surface area contributed by atoms with Gasteiger partial charge < -0.3 is 20.1 Å². The van der Waals surface area contributed by atoms with Crippen molar-refractivity contribution < 1.29 is 37.6 Å². The molecule has 0 saturated carbocycles. The third-order valence-corrected chi connectivity index (χ3v) is 15.0. The smallest absolute Gasteiger partial charge is 0.462 e. The van der Waals surface area contributed by atoms with Crippen LogP contribution in [0.25, 0.3) is 0 Å². The molecular weight excluding hydrogens is 1170 g/mol. The first-order valence-corrected chi connectivity index (χ1v) is 37.4. The molecule has 0 aromatic carbocycles. The second-order valence-electron chi connectivity index (χ2n) is 22.6. The Morgan fingerprint density at radius 3 is 0.839 bits per heavy atom. The average molecular weight is 1300 g/mol. The Hall–Kier alpha value is -5.93. The zero-order chi connectivity index (χ0) is 67.2. The van der Waals surface area contributed by atoms with E-state index in [0.29, 0.717) is 12.8 Å². The molecule has 0 aliphatic heterocycles. The Morgan fingerprint density at radius 1 is 0.323 bits per heavy atom. The van der Waals surface area contributed by atoms with E-state index in [9.17, 15) is 19.0 Å². The normalized spacial score (nSPS) is 14.3. The van der Waals surface area contributed by atoms with Gasteiger partial charge in [0, 0.05) is 19.4 Å². The molecule has 0 saturated heterocycles. The van der Waals surface area contributed by atoms with Crippen LogP contribution in [0.15, 0.2) is 231 Å². The van der Waals surface area contributed by atoms with Crippen LogP contribution in [-0.2, 0) is 32.7 Å². The molecule has 0 aliphatic carbocycles. The Bertz CT molecular complexity index is 2380. The van der Waals surface area contributed by atoms with Crippen LogP contribution in [0.1, 0.15) is 245 Å². The molecule has 0 radical (unpaired) electrons. The summed E-state index contributed by atoms with van der Waals surface area (Å²) in [5, 5.41) is 0. The van der Waals surface area contributed by atoms with Gasteiger partial charge in [0.1, 0.15) is 6.61 Å². The molecule has 0 aromatic heterocycles. The molecule has 0 heterocycles. The number of unbranched alkanes of at least 4 members (excludes halogenated alkanes) is 13. The Morgan fingerprint density at radius 2 is 0.559 bits per heavy atom. The molecule has 2 unspecified atom stereocenters. The van der Waals surface area contributed by atoms with E-state index in [-0.39, 0.29) is 32.6 Å². The lowest BCUT2D eigenvalue weighted by Gasteiger charge is -2.19. The van der Waals surface area contributed by atoms with E-state index in [1.807, 2.05) is 0 Å². The minimum atomic E-state index is -4.42. The van der Waals surface area contributed by atoms with Gasteiger partial charge in [0.2, 0.25) is 0 Å². The van der Waals surface area contributed by atoms with Gasteiger partial charge in [-0.25, -0.2) is 4.57 Å². The lowest BCUT2D eigenvalue weighted by molar-refractivity contribution is -0.161. The van der Waals surface area contributed by atoms with E-state index >= 15 is 0 Å². The first-order chi connectivity index (χ1) is 45.8. The molecule has 2 atom stereocenters. The van der Waals surface area contributed by atoms with Gasteiger partial charge in [0.15, 0.2) is 6.10 Å². The summed E-state index contributed by atoms with van der Waals surface area (Å²) in [5.41, 5.74) is 5.40. The van der Waals surface area contributed by atoms with Gasteiger partial charge in [-0.05, 0) is 161 Å². The highest BCUT2D eigenvalue weighted by molar-refractivity contribution is 7.47. The van der Waals surface area contributed by atoms with Crippen LogP contribution in [0.3, 0.4) is 0 Å². The fraction of sp³-hybridized carbons (Fsp3) is 0.518. The standard InChI is InChI=1S/C83H128NO8P/c1-3-5-7-9-11-13-15-17-19-21-23-25-27-29-31-33-35-36-37-38-39-40-41-42-43-44-46-48-50-52-54-56-58-60-62-64-66-68-70-72-74-76-83(86)92-81(80-91-93(87,88)90-78-77-84)79-89-82(85)75-73-71-69-67-65-63-61-59-57-55-53-51-49-47-45-34-32-30-28-26-24-22-20-18-16-14-12-10-8-6-4-2/h5-8,11-14,17-20,23-26,29-32,35-36,38-39,41-42,44-47,50-53,57,59,63,65,81H,3-4,9-10,15-16,21-22,27-28,33-34,37,40,43,48-49,54-56,58,60-62,64,66-80,84H2,1-2H3,(H,87,88)/b7-5-,8-6-,13-11-,14-12-,19-17-,20-18-,25-23-,26-24-,31-29-,32-30-,36-35-,39-38-,42-41-,46-44-,47-45-,52-50-,53-51-,59-57-,65-63-. The zero-order valence-electron chi connectivity index (χ0n) is 58.1. The molecular formula is C83H128NO8P. The van der Waals surface area contributed by atoms with Crippen molar-refractivity contribution in [3.05, 3.63) is 231 Å². The molecule has 9 nitrogen and oxygen atoms in total. The maximum absolute atomic E-state index is 12.8. The van der Waals surface area contributed by atoms with Crippen LogP contribution in [0.4, 0.5) is 0 Å². The Labute approximate surface area is 568 Å². The maximum Gasteiger partial charge on any atom is 0.472 e. The van der Waals surface area contributed by atoms with Crippen molar-refractivity contribution in [2.45, 2.75) is 251 Å². The van der Waals surface area contributed by atoms with Gasteiger partial charge in [-0.1, -0.05) is 303 Å². The minimum Gasteiger partial charge on any atom is -0.462 e. The number of hydrogen-bond acceptors (Lipinski definition) is 8. The van der Waals surface area contributed by atoms with Gasteiger partial charge in [-0.3, -0.25) is 18.6 Å². The topological polar surface area (TPSA) is 134 Å². The first kappa shape index (κ1) is 87.1. The lowest BCUT2D eigenvalue weighted by Crippen LogP contribution is -2.29. The Kier molecular flexibility index (Phi) is 70.3. The molecule has 518 valence electrons. The van der Waals surface area contributed by atoms with Crippen molar-refractivity contribution in [2.24, 2.45) is 5.73 Å². The molecule has 0 rings (SSSR count). The van der Waals surface area contributed by atoms with Crippen molar-refractivity contribution in [3.63, 3.8) is 0 Å². The number of hydrogen-bond donors (Lipinski definition) is 2. The highest BCUT2D eigenvalue weighted by atomic mass is 31.2. The summed E-state index contributed by atoms with van der Waals surface area (Å²) in [4.78, 5) is 35.4. The maximum atomic E-state index is 12.8. The van der Waals surface area contributed by atoms with Crippen molar-refractivity contribution in [3.8, 4) is 0 Å². The number of allylic oxidation sites excluding steroid dienone is 38. The number of rotatable bonds is 64. The minimum absolute atomic E-state index is 0.0354. The first-order valence-electron chi connectivity index (χ1n) is 35.9. The number of phosphoric acid groups is 1. The van der Waals surface area contributed by atoms with Crippen molar-refractivity contribution in [1.29, 1.82) is 0 Å². The zero-order valence-corrected chi connectivity index (χ0v) is 59.0. The number of carbonyl (C=O) groups excluding carboxylic acids is 2. The van der Waals surface area contributed by atoms with E-state index in [1.54, 1.807) is 0 Å². The van der Waals surface area contributed by atoms with Crippen molar-refractivity contribution in [1.82, 2.24) is 0 Å². The van der Waals surface area contributed by atoms with E-state index < -0.39 is 32.5 Å². The number of nitrogens with two attached hydrogens (primary N) is 1. The number of phosphoric ester groups is 1. The average Bonchev–Trinajstić information content (AvgIpc) is 3.49. The summed E-state index contributed by atoms with van der Waals surface area (Å²) in [6.45, 7) is 3.44. The molecule has 10 heteroatoms. The van der Waals surface area contributed by atoms with Crippen molar-refractivity contribution in [2.75, 3.05) is 26.4 Å². The van der Waals surface area contributed by atoms with Crippen LogP contribution in [0.2, 0.25) is 0 Å². The fourth-order valence-electron chi connectivity index (χ4n) is 8.83. The quantitative estimate of drug-likeness (QED) is 0.0264. The molecule has 0 aromatic rings. The number of esters is 2. The predicted molar refractivity (Wildman–Crippen MR) is 403 cm³/mol. The molecule has 0 aliphatic rings. The van der Waals surface area contributed by atoms with Gasteiger partial charge in [0.25, 0.3) is 0 Å². The highest BCUT2D eigenvalue weighted by Gasteiger charge is 2.26. The van der Waals surface area contributed by atoms with Crippen LogP contribution in [0, 0.1) is 0 Å². The van der Waals surface area contributed by atoms with Crippen LogP contribution < -0.4 is 5.73 Å². The van der Waals surface area contributed by atoms with Gasteiger partial charge in [-0.2, -0.15) is 0 Å². The van der Waals surface area contributed by atoms with Gasteiger partial charge >= 0.3 is 19.8 Å². The summed E-state index contributed by atoms with van der Waals surface area (Å²) in [6.07, 6.45) is 118. The third-order valence-electron chi connectivity index (χ3n) is 14.0.